The summed E-state index contributed by atoms with van der Waals surface area (Å²) in [5.41, 5.74) is 0.890. The monoisotopic (exact) mass is 315 g/mol. The van der Waals surface area contributed by atoms with Crippen molar-refractivity contribution in [2.75, 3.05) is 6.54 Å². The second-order valence-corrected chi connectivity index (χ2v) is 6.26. The quantitative estimate of drug-likeness (QED) is 0.896. The highest BCUT2D eigenvalue weighted by Gasteiger charge is 2.32. The van der Waals surface area contributed by atoms with Crippen LogP contribution in [0, 0.1) is 5.41 Å². The first-order valence-corrected chi connectivity index (χ1v) is 6.91. The first-order chi connectivity index (χ1) is 8.00. The van der Waals surface area contributed by atoms with Gasteiger partial charge in [-0.15, -0.1) is 0 Å². The van der Waals surface area contributed by atoms with Crippen molar-refractivity contribution in [3.05, 3.63) is 33.3 Å². The van der Waals surface area contributed by atoms with Crippen LogP contribution in [0.3, 0.4) is 0 Å². The van der Waals surface area contributed by atoms with E-state index in [2.05, 4.69) is 28.2 Å². The van der Waals surface area contributed by atoms with Crippen LogP contribution in [0.25, 0.3) is 0 Å². The number of hydrogen-bond acceptors (Lipinski definition) is 1. The number of nitrogens with one attached hydrogen (secondary N) is 1. The van der Waals surface area contributed by atoms with Gasteiger partial charge in [-0.2, -0.15) is 0 Å². The maximum Gasteiger partial charge on any atom is 0.252 e. The number of benzene rings is 1. The molecule has 0 bridgehead atoms. The largest absolute Gasteiger partial charge is 0.351 e. The Balaban J connectivity index is 2.01. The van der Waals surface area contributed by atoms with Crippen molar-refractivity contribution in [2.45, 2.75) is 26.2 Å². The summed E-state index contributed by atoms with van der Waals surface area (Å²) in [5, 5.41) is 3.56. The van der Waals surface area contributed by atoms with Gasteiger partial charge in [-0.3, -0.25) is 4.79 Å². The summed E-state index contributed by atoms with van der Waals surface area (Å²) in [6, 6.07) is 5.24. The van der Waals surface area contributed by atoms with E-state index in [1.165, 1.54) is 19.3 Å². The lowest BCUT2D eigenvalue weighted by molar-refractivity contribution is 0.0890. The van der Waals surface area contributed by atoms with Crippen LogP contribution in [0.5, 0.6) is 0 Å². The fourth-order valence-corrected chi connectivity index (χ4v) is 2.62. The molecular weight excluding hydrogens is 302 g/mol. The SMILES string of the molecule is CC1(CNC(=O)c2cc(Cl)ccc2Br)CCC1. The fraction of sp³-hybridized carbons (Fsp3) is 0.462. The average Bonchev–Trinajstić information content (AvgIpc) is 2.26. The van der Waals surface area contributed by atoms with Gasteiger partial charge in [0.1, 0.15) is 0 Å². The highest BCUT2D eigenvalue weighted by Crippen LogP contribution is 2.39. The predicted molar refractivity (Wildman–Crippen MR) is 73.4 cm³/mol. The van der Waals surface area contributed by atoms with Crippen LogP contribution in [0.1, 0.15) is 36.5 Å². The number of carbonyl (C=O) groups excluding carboxylic acids is 1. The van der Waals surface area contributed by atoms with E-state index >= 15 is 0 Å². The third-order valence-corrected chi connectivity index (χ3v) is 4.34. The Morgan fingerprint density at radius 3 is 2.82 bits per heavy atom. The van der Waals surface area contributed by atoms with Crippen molar-refractivity contribution >= 4 is 33.4 Å². The molecule has 2 nitrogen and oxygen atoms in total. The summed E-state index contributed by atoms with van der Waals surface area (Å²) < 4.78 is 0.776. The van der Waals surface area contributed by atoms with Gasteiger partial charge in [0.05, 0.1) is 5.56 Å². The van der Waals surface area contributed by atoms with Crippen molar-refractivity contribution in [1.82, 2.24) is 5.32 Å². The third-order valence-electron chi connectivity index (χ3n) is 3.41. The zero-order valence-corrected chi connectivity index (χ0v) is 12.1. The molecule has 1 aliphatic rings. The minimum atomic E-state index is -0.0625. The lowest BCUT2D eigenvalue weighted by atomic mass is 9.70. The van der Waals surface area contributed by atoms with E-state index in [9.17, 15) is 4.79 Å². The molecule has 2 rings (SSSR count). The van der Waals surface area contributed by atoms with Crippen LogP contribution >= 0.6 is 27.5 Å². The minimum absolute atomic E-state index is 0.0625. The molecule has 0 aromatic heterocycles. The molecule has 92 valence electrons. The molecule has 1 N–H and O–H groups in total. The highest BCUT2D eigenvalue weighted by molar-refractivity contribution is 9.10. The molecule has 1 fully saturated rings. The molecule has 1 aliphatic carbocycles. The van der Waals surface area contributed by atoms with Crippen LogP contribution in [-0.4, -0.2) is 12.5 Å². The van der Waals surface area contributed by atoms with Crippen molar-refractivity contribution in [3.63, 3.8) is 0 Å². The minimum Gasteiger partial charge on any atom is -0.351 e. The van der Waals surface area contributed by atoms with Gasteiger partial charge in [0.2, 0.25) is 0 Å². The molecule has 4 heteroatoms. The van der Waals surface area contributed by atoms with Gasteiger partial charge in [0.25, 0.3) is 5.91 Å². The summed E-state index contributed by atoms with van der Waals surface area (Å²) in [6.07, 6.45) is 3.67. The average molecular weight is 317 g/mol. The first kappa shape index (κ1) is 12.9. The zero-order chi connectivity index (χ0) is 12.5. The molecule has 1 amide bonds. The maximum atomic E-state index is 12.0. The van der Waals surface area contributed by atoms with Crippen LogP contribution < -0.4 is 5.32 Å². The zero-order valence-electron chi connectivity index (χ0n) is 9.72. The molecule has 0 heterocycles. The molecule has 0 unspecified atom stereocenters. The van der Waals surface area contributed by atoms with Crippen LogP contribution in [-0.2, 0) is 0 Å². The molecule has 0 aliphatic heterocycles. The van der Waals surface area contributed by atoms with Gasteiger partial charge in [-0.25, -0.2) is 0 Å². The third kappa shape index (κ3) is 3.02. The van der Waals surface area contributed by atoms with Crippen molar-refractivity contribution in [1.29, 1.82) is 0 Å². The fourth-order valence-electron chi connectivity index (χ4n) is 2.02. The summed E-state index contributed by atoms with van der Waals surface area (Å²) in [6.45, 7) is 2.95. The van der Waals surface area contributed by atoms with Gasteiger partial charge >= 0.3 is 0 Å². The molecule has 1 saturated carbocycles. The van der Waals surface area contributed by atoms with Gasteiger partial charge < -0.3 is 5.32 Å². The van der Waals surface area contributed by atoms with Gasteiger partial charge in [-0.05, 0) is 52.4 Å². The number of halogens is 2. The van der Waals surface area contributed by atoms with E-state index in [1.807, 2.05) is 0 Å². The van der Waals surface area contributed by atoms with Crippen molar-refractivity contribution in [2.24, 2.45) is 5.41 Å². The highest BCUT2D eigenvalue weighted by atomic mass is 79.9. The number of carbonyl (C=O) groups is 1. The van der Waals surface area contributed by atoms with E-state index in [0.29, 0.717) is 16.0 Å². The summed E-state index contributed by atoms with van der Waals surface area (Å²) in [5.74, 6) is -0.0625. The number of hydrogen-bond donors (Lipinski definition) is 1. The van der Waals surface area contributed by atoms with E-state index in [-0.39, 0.29) is 5.91 Å². The summed E-state index contributed by atoms with van der Waals surface area (Å²) in [7, 11) is 0. The molecule has 1 aromatic carbocycles. The topological polar surface area (TPSA) is 29.1 Å². The molecule has 1 aromatic rings. The first-order valence-electron chi connectivity index (χ1n) is 5.73. The van der Waals surface area contributed by atoms with Crippen LogP contribution in [0.15, 0.2) is 22.7 Å². The molecule has 0 radical (unpaired) electrons. The van der Waals surface area contributed by atoms with Crippen molar-refractivity contribution in [3.8, 4) is 0 Å². The second kappa shape index (κ2) is 4.99. The molecular formula is C13H15BrClNO. The van der Waals surface area contributed by atoms with E-state index in [0.717, 1.165) is 11.0 Å². The van der Waals surface area contributed by atoms with E-state index < -0.39 is 0 Å². The van der Waals surface area contributed by atoms with Gasteiger partial charge in [0, 0.05) is 16.0 Å². The number of rotatable bonds is 3. The molecule has 0 saturated heterocycles. The van der Waals surface area contributed by atoms with E-state index in [4.69, 9.17) is 11.6 Å². The Bertz CT molecular complexity index is 443. The van der Waals surface area contributed by atoms with Crippen LogP contribution in [0.2, 0.25) is 5.02 Å². The lowest BCUT2D eigenvalue weighted by Crippen LogP contribution is -2.40. The van der Waals surface area contributed by atoms with E-state index in [1.54, 1.807) is 18.2 Å². The summed E-state index contributed by atoms with van der Waals surface area (Å²) in [4.78, 5) is 12.0. The van der Waals surface area contributed by atoms with Gasteiger partial charge in [0.15, 0.2) is 0 Å². The Kier molecular flexibility index (Phi) is 3.79. The number of amides is 1. The Hall–Kier alpha value is -0.540. The molecule has 0 atom stereocenters. The Morgan fingerprint density at radius 1 is 1.53 bits per heavy atom. The van der Waals surface area contributed by atoms with Crippen LogP contribution in [0.4, 0.5) is 0 Å². The molecule has 17 heavy (non-hydrogen) atoms. The normalized spacial score (nSPS) is 17.4. The Morgan fingerprint density at radius 2 is 2.24 bits per heavy atom. The van der Waals surface area contributed by atoms with Gasteiger partial charge in [-0.1, -0.05) is 24.9 Å². The maximum absolute atomic E-state index is 12.0. The lowest BCUT2D eigenvalue weighted by Gasteiger charge is -2.38. The summed E-state index contributed by atoms with van der Waals surface area (Å²) >= 11 is 9.25. The standard InChI is InChI=1S/C13H15BrClNO/c1-13(5-2-6-13)8-16-12(17)10-7-9(15)3-4-11(10)14/h3-4,7H,2,5-6,8H2,1H3,(H,16,17). The molecule has 0 spiro atoms. The second-order valence-electron chi connectivity index (χ2n) is 4.97. The van der Waals surface area contributed by atoms with Crippen molar-refractivity contribution < 1.29 is 4.79 Å². The smallest absolute Gasteiger partial charge is 0.252 e. The Labute approximate surface area is 115 Å². The predicted octanol–water partition coefficient (Wildman–Crippen LogP) is 4.02.